The van der Waals surface area contributed by atoms with E-state index in [-0.39, 0.29) is 18.6 Å². The fraction of sp³-hybridized carbons (Fsp3) is 0.273. The summed E-state index contributed by atoms with van der Waals surface area (Å²) < 4.78 is 1.83. The lowest BCUT2D eigenvalue weighted by Crippen LogP contribution is -2.34. The first-order valence-electron chi connectivity index (χ1n) is 5.04. The summed E-state index contributed by atoms with van der Waals surface area (Å²) in [7, 11) is 0. The Kier molecular flexibility index (Phi) is 2.87. The van der Waals surface area contributed by atoms with Gasteiger partial charge in [0, 0.05) is 17.8 Å². The van der Waals surface area contributed by atoms with Crippen molar-refractivity contribution in [2.75, 3.05) is 6.61 Å². The lowest BCUT2D eigenvalue weighted by atomic mass is 10.2. The molecule has 1 unspecified atom stereocenters. The van der Waals surface area contributed by atoms with E-state index in [1.54, 1.807) is 37.8 Å². The third-order valence-electron chi connectivity index (χ3n) is 2.33. The molecule has 2 heterocycles. The van der Waals surface area contributed by atoms with Crippen molar-refractivity contribution in [3.05, 3.63) is 36.4 Å². The molecule has 0 aliphatic heterocycles. The van der Waals surface area contributed by atoms with Gasteiger partial charge in [-0.1, -0.05) is 0 Å². The molecule has 2 rings (SSSR count). The van der Waals surface area contributed by atoms with E-state index in [1.165, 1.54) is 0 Å². The van der Waals surface area contributed by atoms with Gasteiger partial charge >= 0.3 is 0 Å². The topological polar surface area (TPSA) is 66.6 Å². The van der Waals surface area contributed by atoms with Crippen molar-refractivity contribution in [2.45, 2.75) is 13.0 Å². The summed E-state index contributed by atoms with van der Waals surface area (Å²) >= 11 is 0. The van der Waals surface area contributed by atoms with Gasteiger partial charge in [-0.15, -0.1) is 0 Å². The van der Waals surface area contributed by atoms with E-state index in [9.17, 15) is 4.79 Å². The average molecular weight is 219 g/mol. The van der Waals surface area contributed by atoms with Gasteiger partial charge in [0.2, 0.25) is 0 Å². The Bertz CT molecular complexity index is 507. The quantitative estimate of drug-likeness (QED) is 0.787. The molecular formula is C11H13N3O2. The third-order valence-corrected chi connectivity index (χ3v) is 2.33. The van der Waals surface area contributed by atoms with Crippen LogP contribution in [0.5, 0.6) is 0 Å². The van der Waals surface area contributed by atoms with E-state index in [4.69, 9.17) is 5.11 Å². The molecule has 16 heavy (non-hydrogen) atoms. The average Bonchev–Trinajstić information content (AvgIpc) is 2.75. The first-order chi connectivity index (χ1) is 7.70. The molecule has 0 fully saturated rings. The standard InChI is InChI=1S/C11H13N3O2/c1-8(6-15)13-11(16)9-2-3-14-7-12-5-10(14)4-9/h2-5,7-8,15H,6H2,1H3,(H,13,16). The van der Waals surface area contributed by atoms with Crippen molar-refractivity contribution >= 4 is 11.4 Å². The van der Waals surface area contributed by atoms with Gasteiger partial charge in [0.15, 0.2) is 0 Å². The Morgan fingerprint density at radius 1 is 1.69 bits per heavy atom. The summed E-state index contributed by atoms with van der Waals surface area (Å²) in [6.07, 6.45) is 5.14. The van der Waals surface area contributed by atoms with Gasteiger partial charge in [0.05, 0.1) is 24.6 Å². The summed E-state index contributed by atoms with van der Waals surface area (Å²) in [5, 5.41) is 11.5. The molecule has 2 N–H and O–H groups in total. The van der Waals surface area contributed by atoms with Crippen LogP contribution >= 0.6 is 0 Å². The molecule has 0 saturated carbocycles. The zero-order chi connectivity index (χ0) is 11.5. The van der Waals surface area contributed by atoms with Crippen LogP contribution in [-0.2, 0) is 0 Å². The molecule has 1 atom stereocenters. The molecule has 2 aromatic rings. The number of rotatable bonds is 3. The number of pyridine rings is 1. The zero-order valence-corrected chi connectivity index (χ0v) is 8.92. The number of amides is 1. The minimum atomic E-state index is -0.242. The second-order valence-electron chi connectivity index (χ2n) is 3.70. The third kappa shape index (κ3) is 2.04. The summed E-state index contributed by atoms with van der Waals surface area (Å²) in [5.41, 5.74) is 1.43. The van der Waals surface area contributed by atoms with Gasteiger partial charge in [-0.3, -0.25) is 4.79 Å². The Labute approximate surface area is 92.7 Å². The Morgan fingerprint density at radius 2 is 2.50 bits per heavy atom. The van der Waals surface area contributed by atoms with Gasteiger partial charge in [0.1, 0.15) is 0 Å². The highest BCUT2D eigenvalue weighted by Gasteiger charge is 2.09. The minimum absolute atomic E-state index is 0.0688. The van der Waals surface area contributed by atoms with E-state index in [0.717, 1.165) is 5.52 Å². The summed E-state index contributed by atoms with van der Waals surface area (Å²) in [6.45, 7) is 1.68. The van der Waals surface area contributed by atoms with Crippen LogP contribution in [0.1, 0.15) is 17.3 Å². The van der Waals surface area contributed by atoms with Crippen LogP contribution in [0.4, 0.5) is 0 Å². The monoisotopic (exact) mass is 219 g/mol. The maximum Gasteiger partial charge on any atom is 0.251 e. The molecule has 0 bridgehead atoms. The number of aliphatic hydroxyl groups excluding tert-OH is 1. The van der Waals surface area contributed by atoms with Gasteiger partial charge in [-0.05, 0) is 19.1 Å². The maximum atomic E-state index is 11.7. The van der Waals surface area contributed by atoms with Crippen molar-refractivity contribution in [1.29, 1.82) is 0 Å². The van der Waals surface area contributed by atoms with Crippen molar-refractivity contribution in [3.63, 3.8) is 0 Å². The number of carbonyl (C=O) groups excluding carboxylic acids is 1. The molecule has 0 radical (unpaired) electrons. The summed E-state index contributed by atoms with van der Waals surface area (Å²) in [6, 6.07) is 3.23. The number of hydrogen-bond acceptors (Lipinski definition) is 3. The number of carbonyl (C=O) groups is 1. The Morgan fingerprint density at radius 3 is 3.25 bits per heavy atom. The van der Waals surface area contributed by atoms with E-state index < -0.39 is 0 Å². The predicted molar refractivity (Wildman–Crippen MR) is 59.2 cm³/mol. The van der Waals surface area contributed by atoms with Crippen LogP contribution < -0.4 is 5.32 Å². The number of imidazole rings is 1. The van der Waals surface area contributed by atoms with E-state index >= 15 is 0 Å². The number of nitrogens with zero attached hydrogens (tertiary/aromatic N) is 2. The van der Waals surface area contributed by atoms with Crippen LogP contribution in [0, 0.1) is 0 Å². The second kappa shape index (κ2) is 4.32. The zero-order valence-electron chi connectivity index (χ0n) is 8.92. The highest BCUT2D eigenvalue weighted by molar-refractivity contribution is 5.95. The maximum absolute atomic E-state index is 11.7. The molecule has 0 aromatic carbocycles. The molecule has 0 aliphatic carbocycles. The van der Waals surface area contributed by atoms with Gasteiger partial charge in [0.25, 0.3) is 5.91 Å². The summed E-state index contributed by atoms with van der Waals surface area (Å²) in [5.74, 6) is -0.190. The summed E-state index contributed by atoms with van der Waals surface area (Å²) in [4.78, 5) is 15.7. The molecule has 84 valence electrons. The first kappa shape index (κ1) is 10.6. The van der Waals surface area contributed by atoms with Gasteiger partial charge in [-0.25, -0.2) is 4.98 Å². The van der Waals surface area contributed by atoms with E-state index in [2.05, 4.69) is 10.3 Å². The molecule has 1 amide bonds. The largest absolute Gasteiger partial charge is 0.394 e. The van der Waals surface area contributed by atoms with Crippen LogP contribution in [0.2, 0.25) is 0 Å². The minimum Gasteiger partial charge on any atom is -0.394 e. The number of fused-ring (bicyclic) bond motifs is 1. The van der Waals surface area contributed by atoms with Crippen molar-refractivity contribution in [1.82, 2.24) is 14.7 Å². The van der Waals surface area contributed by atoms with Crippen molar-refractivity contribution in [3.8, 4) is 0 Å². The Balaban J connectivity index is 2.22. The first-order valence-corrected chi connectivity index (χ1v) is 5.04. The second-order valence-corrected chi connectivity index (χ2v) is 3.70. The van der Waals surface area contributed by atoms with Gasteiger partial charge in [-0.2, -0.15) is 0 Å². The SMILES string of the molecule is CC(CO)NC(=O)c1ccn2cncc2c1. The number of aromatic nitrogens is 2. The molecule has 0 saturated heterocycles. The van der Waals surface area contributed by atoms with Gasteiger partial charge < -0.3 is 14.8 Å². The highest BCUT2D eigenvalue weighted by atomic mass is 16.3. The molecule has 5 heteroatoms. The fourth-order valence-corrected chi connectivity index (χ4v) is 1.41. The van der Waals surface area contributed by atoms with Crippen LogP contribution in [0.3, 0.4) is 0 Å². The van der Waals surface area contributed by atoms with E-state index in [1.807, 2.05) is 4.40 Å². The Hall–Kier alpha value is -1.88. The lowest BCUT2D eigenvalue weighted by molar-refractivity contribution is 0.0922. The number of nitrogens with one attached hydrogen (secondary N) is 1. The number of hydrogen-bond donors (Lipinski definition) is 2. The molecule has 5 nitrogen and oxygen atoms in total. The van der Waals surface area contributed by atoms with Crippen LogP contribution in [0.15, 0.2) is 30.9 Å². The van der Waals surface area contributed by atoms with Crippen LogP contribution in [-0.4, -0.2) is 33.0 Å². The number of aliphatic hydroxyl groups is 1. The smallest absolute Gasteiger partial charge is 0.251 e. The van der Waals surface area contributed by atoms with Crippen molar-refractivity contribution < 1.29 is 9.90 Å². The van der Waals surface area contributed by atoms with Crippen LogP contribution in [0.25, 0.3) is 5.52 Å². The normalized spacial score (nSPS) is 12.6. The molecule has 0 aliphatic rings. The molecular weight excluding hydrogens is 206 g/mol. The molecule has 2 aromatic heterocycles. The van der Waals surface area contributed by atoms with E-state index in [0.29, 0.717) is 5.56 Å². The fourth-order valence-electron chi connectivity index (χ4n) is 1.41. The highest BCUT2D eigenvalue weighted by Crippen LogP contribution is 2.06. The van der Waals surface area contributed by atoms with Crippen molar-refractivity contribution in [2.24, 2.45) is 0 Å². The predicted octanol–water partition coefficient (Wildman–Crippen LogP) is 0.445. The molecule has 0 spiro atoms. The lowest BCUT2D eigenvalue weighted by Gasteiger charge is -2.10.